The number of likely N-dealkylation sites (tertiary alicyclic amines) is 1. The molecule has 3 rings (SSSR count). The molecule has 1 N–H and O–H groups in total. The first-order chi connectivity index (χ1) is 13.7. The molecule has 0 bridgehead atoms. The number of alkyl carbamates (subject to hydrolysis) is 1. The van der Waals surface area contributed by atoms with Gasteiger partial charge >= 0.3 is 6.09 Å². The third kappa shape index (κ3) is 5.39. The molecule has 1 saturated heterocycles. The van der Waals surface area contributed by atoms with E-state index in [0.717, 1.165) is 45.5 Å². The Labute approximate surface area is 180 Å². The van der Waals surface area contributed by atoms with Crippen molar-refractivity contribution in [2.24, 2.45) is 0 Å². The van der Waals surface area contributed by atoms with Crippen molar-refractivity contribution < 1.29 is 14.3 Å². The maximum absolute atomic E-state index is 12.9. The number of nitrogens with zero attached hydrogens (tertiary/aromatic N) is 3. The number of fused-ring (bicyclic) bond motifs is 1. The third-order valence-corrected chi connectivity index (χ3v) is 7.04. The van der Waals surface area contributed by atoms with Crippen molar-refractivity contribution in [1.82, 2.24) is 15.2 Å². The van der Waals surface area contributed by atoms with E-state index in [4.69, 9.17) is 9.72 Å². The first-order valence-electron chi connectivity index (χ1n) is 10.1. The topological polar surface area (TPSA) is 74.8 Å². The molecule has 2 amide bonds. The Hall–Kier alpha value is -1.87. The highest BCUT2D eigenvalue weighted by Gasteiger charge is 2.27. The van der Waals surface area contributed by atoms with Crippen LogP contribution < -0.4 is 10.2 Å². The standard InChI is InChI=1S/C20H30N4O3S2/c1-6-23(7-2)18-22-16-14(29-18)12-15(28-16)17(25)24-10-8-13(9-11-24)21-19(26)27-20(3,4)5/h12-13H,6-11H2,1-5H3,(H,21,26). The summed E-state index contributed by atoms with van der Waals surface area (Å²) in [6.07, 6.45) is 1.07. The fourth-order valence-corrected chi connectivity index (χ4v) is 5.62. The van der Waals surface area contributed by atoms with Crippen molar-refractivity contribution in [3.63, 3.8) is 0 Å². The molecule has 0 aliphatic carbocycles. The maximum Gasteiger partial charge on any atom is 0.407 e. The number of carbonyl (C=O) groups is 2. The molecule has 7 nitrogen and oxygen atoms in total. The van der Waals surface area contributed by atoms with Crippen LogP contribution in [0.1, 0.15) is 57.1 Å². The number of anilines is 1. The van der Waals surface area contributed by atoms with Crippen molar-refractivity contribution in [1.29, 1.82) is 0 Å². The molecule has 0 aromatic carbocycles. The van der Waals surface area contributed by atoms with E-state index >= 15 is 0 Å². The third-order valence-electron chi connectivity index (χ3n) is 4.83. The van der Waals surface area contributed by atoms with Gasteiger partial charge in [-0.15, -0.1) is 11.3 Å². The zero-order valence-corrected chi connectivity index (χ0v) is 19.4. The van der Waals surface area contributed by atoms with E-state index in [2.05, 4.69) is 24.1 Å². The molecule has 0 unspecified atom stereocenters. The number of thiophene rings is 1. The number of piperidine rings is 1. The summed E-state index contributed by atoms with van der Waals surface area (Å²) in [5.41, 5.74) is -0.508. The van der Waals surface area contributed by atoms with Gasteiger partial charge in [-0.05, 0) is 53.5 Å². The largest absolute Gasteiger partial charge is 0.444 e. The van der Waals surface area contributed by atoms with Crippen molar-refractivity contribution >= 4 is 49.3 Å². The lowest BCUT2D eigenvalue weighted by atomic mass is 10.1. The molecule has 1 aliphatic rings. The van der Waals surface area contributed by atoms with Crippen LogP contribution in [-0.4, -0.2) is 59.7 Å². The molecular formula is C20H30N4O3S2. The highest BCUT2D eigenvalue weighted by Crippen LogP contribution is 2.35. The fourth-order valence-electron chi connectivity index (χ4n) is 3.32. The van der Waals surface area contributed by atoms with Gasteiger partial charge in [0.2, 0.25) is 0 Å². The Morgan fingerprint density at radius 2 is 1.90 bits per heavy atom. The van der Waals surface area contributed by atoms with Gasteiger partial charge in [-0.3, -0.25) is 4.79 Å². The van der Waals surface area contributed by atoms with Crippen LogP contribution in [0.2, 0.25) is 0 Å². The molecule has 29 heavy (non-hydrogen) atoms. The van der Waals surface area contributed by atoms with Crippen LogP contribution in [0, 0.1) is 0 Å². The molecule has 160 valence electrons. The van der Waals surface area contributed by atoms with E-state index in [-0.39, 0.29) is 11.9 Å². The minimum atomic E-state index is -0.508. The van der Waals surface area contributed by atoms with Crippen LogP contribution in [0.25, 0.3) is 9.53 Å². The summed E-state index contributed by atoms with van der Waals surface area (Å²) in [6, 6.07) is 2.01. The summed E-state index contributed by atoms with van der Waals surface area (Å²) in [6.45, 7) is 12.9. The van der Waals surface area contributed by atoms with Gasteiger partial charge in [0.05, 0.1) is 9.58 Å². The lowest BCUT2D eigenvalue weighted by Crippen LogP contribution is -2.47. The Kier molecular flexibility index (Phi) is 6.68. The average molecular weight is 439 g/mol. The second kappa shape index (κ2) is 8.87. The average Bonchev–Trinajstić information content (AvgIpc) is 3.20. The Bertz CT molecular complexity index is 827. The van der Waals surface area contributed by atoms with Gasteiger partial charge in [-0.1, -0.05) is 11.3 Å². The highest BCUT2D eigenvalue weighted by atomic mass is 32.1. The summed E-state index contributed by atoms with van der Waals surface area (Å²) in [5, 5.41) is 3.93. The van der Waals surface area contributed by atoms with Gasteiger partial charge in [0.15, 0.2) is 5.13 Å². The minimum Gasteiger partial charge on any atom is -0.444 e. The number of thiazole rings is 1. The van der Waals surface area contributed by atoms with Crippen LogP contribution in [0.5, 0.6) is 0 Å². The van der Waals surface area contributed by atoms with Crippen LogP contribution in [0.4, 0.5) is 9.93 Å². The second-order valence-electron chi connectivity index (χ2n) is 8.16. The summed E-state index contributed by atoms with van der Waals surface area (Å²) in [5.74, 6) is 0.0558. The zero-order chi connectivity index (χ0) is 21.2. The first-order valence-corrected chi connectivity index (χ1v) is 11.8. The van der Waals surface area contributed by atoms with Crippen LogP contribution in [-0.2, 0) is 4.74 Å². The quantitative estimate of drug-likeness (QED) is 0.752. The predicted octanol–water partition coefficient (Wildman–Crippen LogP) is 4.33. The second-order valence-corrected chi connectivity index (χ2v) is 10.2. The van der Waals surface area contributed by atoms with Crippen LogP contribution >= 0.6 is 22.7 Å². The normalized spacial score (nSPS) is 15.6. The summed E-state index contributed by atoms with van der Waals surface area (Å²) in [7, 11) is 0. The summed E-state index contributed by atoms with van der Waals surface area (Å²) in [4.78, 5) is 35.3. The SMILES string of the molecule is CCN(CC)c1nc2sc(C(=O)N3CCC(NC(=O)OC(C)(C)C)CC3)cc2s1. The van der Waals surface area contributed by atoms with Gasteiger partial charge < -0.3 is 19.9 Å². The predicted molar refractivity (Wildman–Crippen MR) is 119 cm³/mol. The molecule has 0 radical (unpaired) electrons. The van der Waals surface area contributed by atoms with Gasteiger partial charge in [0, 0.05) is 32.2 Å². The van der Waals surface area contributed by atoms with Crippen molar-refractivity contribution in [2.45, 2.75) is 59.1 Å². The van der Waals surface area contributed by atoms with E-state index < -0.39 is 11.7 Å². The van der Waals surface area contributed by atoms with E-state index in [1.54, 1.807) is 11.3 Å². The molecular weight excluding hydrogens is 408 g/mol. The molecule has 2 aromatic heterocycles. The number of ether oxygens (including phenoxy) is 1. The monoisotopic (exact) mass is 438 g/mol. The van der Waals surface area contributed by atoms with Crippen molar-refractivity contribution in [3.8, 4) is 0 Å². The van der Waals surface area contributed by atoms with Crippen LogP contribution in [0.3, 0.4) is 0 Å². The molecule has 2 aromatic rings. The number of amides is 2. The lowest BCUT2D eigenvalue weighted by molar-refractivity contribution is 0.0474. The maximum atomic E-state index is 12.9. The summed E-state index contributed by atoms with van der Waals surface area (Å²) >= 11 is 3.11. The number of hydrogen-bond donors (Lipinski definition) is 1. The zero-order valence-electron chi connectivity index (χ0n) is 17.8. The molecule has 1 aliphatic heterocycles. The summed E-state index contributed by atoms with van der Waals surface area (Å²) < 4.78 is 6.38. The molecule has 9 heteroatoms. The van der Waals surface area contributed by atoms with Crippen molar-refractivity contribution in [3.05, 3.63) is 10.9 Å². The van der Waals surface area contributed by atoms with Crippen molar-refractivity contribution in [2.75, 3.05) is 31.1 Å². The number of rotatable bonds is 5. The highest BCUT2D eigenvalue weighted by molar-refractivity contribution is 7.29. The number of carbonyl (C=O) groups excluding carboxylic acids is 2. The smallest absolute Gasteiger partial charge is 0.407 e. The van der Waals surface area contributed by atoms with Gasteiger partial charge in [0.1, 0.15) is 10.4 Å². The molecule has 1 fully saturated rings. The number of nitrogens with one attached hydrogen (secondary N) is 1. The molecule has 3 heterocycles. The van der Waals surface area contributed by atoms with Crippen LogP contribution in [0.15, 0.2) is 6.07 Å². The Balaban J connectivity index is 1.56. The minimum absolute atomic E-state index is 0.0408. The Morgan fingerprint density at radius 3 is 2.45 bits per heavy atom. The van der Waals surface area contributed by atoms with Gasteiger partial charge in [-0.2, -0.15) is 0 Å². The Morgan fingerprint density at radius 1 is 1.24 bits per heavy atom. The van der Waals surface area contributed by atoms with E-state index in [1.165, 1.54) is 11.3 Å². The van der Waals surface area contributed by atoms with Gasteiger partial charge in [0.25, 0.3) is 5.91 Å². The first kappa shape index (κ1) is 21.8. The van der Waals surface area contributed by atoms with E-state index in [0.29, 0.717) is 13.1 Å². The number of aromatic nitrogens is 1. The number of hydrogen-bond acceptors (Lipinski definition) is 7. The van der Waals surface area contributed by atoms with E-state index in [9.17, 15) is 9.59 Å². The van der Waals surface area contributed by atoms with E-state index in [1.807, 2.05) is 31.7 Å². The lowest BCUT2D eigenvalue weighted by Gasteiger charge is -2.32. The van der Waals surface area contributed by atoms with Gasteiger partial charge in [-0.25, -0.2) is 9.78 Å². The fraction of sp³-hybridized carbons (Fsp3) is 0.650. The molecule has 0 atom stereocenters. The molecule has 0 spiro atoms. The molecule has 0 saturated carbocycles.